The van der Waals surface area contributed by atoms with Crippen LogP contribution in [-0.2, 0) is 0 Å². The van der Waals surface area contributed by atoms with Crippen LogP contribution in [0.25, 0.3) is 10.8 Å². The number of hydrogen-bond acceptors (Lipinski definition) is 2. The lowest BCUT2D eigenvalue weighted by molar-refractivity contribution is 0.327. The van der Waals surface area contributed by atoms with Gasteiger partial charge in [0.05, 0.1) is 6.54 Å². The monoisotopic (exact) mass is 319 g/mol. The summed E-state index contributed by atoms with van der Waals surface area (Å²) >= 11 is 0. The Labute approximate surface area is 144 Å². The third-order valence-corrected chi connectivity index (χ3v) is 4.27. The summed E-state index contributed by atoms with van der Waals surface area (Å²) in [7, 11) is 0. The lowest BCUT2D eigenvalue weighted by Crippen LogP contribution is -2.29. The maximum atomic E-state index is 6.11. The molecule has 2 nitrogen and oxygen atoms in total. The van der Waals surface area contributed by atoms with Crippen molar-refractivity contribution in [1.29, 1.82) is 0 Å². The van der Waals surface area contributed by atoms with Gasteiger partial charge in [0, 0.05) is 17.6 Å². The quantitative estimate of drug-likeness (QED) is 0.541. The van der Waals surface area contributed by atoms with Gasteiger partial charge in [-0.3, -0.25) is 0 Å². The number of nitrogens with zero attached hydrogens (tertiary/aromatic N) is 1. The zero-order chi connectivity index (χ0) is 16.6. The van der Waals surface area contributed by atoms with Crippen LogP contribution in [-0.4, -0.2) is 19.7 Å². The van der Waals surface area contributed by atoms with Crippen molar-refractivity contribution in [3.63, 3.8) is 0 Å². The van der Waals surface area contributed by atoms with Gasteiger partial charge in [0.15, 0.2) is 0 Å². The highest BCUT2D eigenvalue weighted by atomic mass is 16.5. The first kappa shape index (κ1) is 16.4. The summed E-state index contributed by atoms with van der Waals surface area (Å²) < 4.78 is 6.11. The maximum absolute atomic E-state index is 6.11. The van der Waals surface area contributed by atoms with Crippen LogP contribution in [0.1, 0.15) is 19.8 Å². The summed E-state index contributed by atoms with van der Waals surface area (Å²) in [5.41, 5.74) is 1.27. The van der Waals surface area contributed by atoms with E-state index in [1.807, 2.05) is 0 Å². The lowest BCUT2D eigenvalue weighted by Gasteiger charge is -2.25. The first-order chi connectivity index (χ1) is 11.9. The molecule has 0 aromatic heterocycles. The number of hydrogen-bond donors (Lipinski definition) is 0. The Balaban J connectivity index is 1.66. The molecule has 0 bridgehead atoms. The molecular formula is C22H25NO. The van der Waals surface area contributed by atoms with Crippen LogP contribution in [0.3, 0.4) is 0 Å². The van der Waals surface area contributed by atoms with E-state index in [0.717, 1.165) is 18.8 Å². The summed E-state index contributed by atoms with van der Waals surface area (Å²) in [6, 6.07) is 25.2. The number of anilines is 1. The van der Waals surface area contributed by atoms with Gasteiger partial charge in [-0.05, 0) is 30.0 Å². The van der Waals surface area contributed by atoms with Gasteiger partial charge in [-0.15, -0.1) is 0 Å². The van der Waals surface area contributed by atoms with E-state index in [-0.39, 0.29) is 0 Å². The highest BCUT2D eigenvalue weighted by Gasteiger charge is 2.07. The van der Waals surface area contributed by atoms with Crippen LogP contribution < -0.4 is 9.64 Å². The fourth-order valence-corrected chi connectivity index (χ4v) is 2.95. The zero-order valence-corrected chi connectivity index (χ0v) is 14.3. The Morgan fingerprint density at radius 3 is 2.38 bits per heavy atom. The molecule has 0 saturated carbocycles. The number of ether oxygens (including phenoxy) is 1. The van der Waals surface area contributed by atoms with Crippen molar-refractivity contribution >= 4 is 16.5 Å². The van der Waals surface area contributed by atoms with E-state index in [4.69, 9.17) is 4.74 Å². The molecule has 0 atom stereocenters. The molecule has 24 heavy (non-hydrogen) atoms. The molecule has 0 spiro atoms. The molecule has 0 saturated heterocycles. The molecule has 3 aromatic carbocycles. The van der Waals surface area contributed by atoms with Crippen molar-refractivity contribution in [3.8, 4) is 5.75 Å². The highest BCUT2D eigenvalue weighted by Crippen LogP contribution is 2.25. The second-order valence-electron chi connectivity index (χ2n) is 6.00. The first-order valence-electron chi connectivity index (χ1n) is 8.79. The van der Waals surface area contributed by atoms with E-state index < -0.39 is 0 Å². The average Bonchev–Trinajstić information content (AvgIpc) is 2.65. The molecule has 0 amide bonds. The summed E-state index contributed by atoms with van der Waals surface area (Å²) in [6.45, 7) is 4.88. The van der Waals surface area contributed by atoms with Gasteiger partial charge < -0.3 is 9.64 Å². The van der Waals surface area contributed by atoms with Crippen molar-refractivity contribution in [2.75, 3.05) is 24.6 Å². The number of benzene rings is 3. The van der Waals surface area contributed by atoms with Gasteiger partial charge in [-0.2, -0.15) is 0 Å². The molecule has 0 aliphatic carbocycles. The maximum Gasteiger partial charge on any atom is 0.127 e. The van der Waals surface area contributed by atoms with Crippen LogP contribution in [0.2, 0.25) is 0 Å². The SMILES string of the molecule is CCCCN(CCOc1cccc2ccccc12)c1ccccc1. The molecule has 2 heteroatoms. The average molecular weight is 319 g/mol. The van der Waals surface area contributed by atoms with Crippen molar-refractivity contribution in [1.82, 2.24) is 0 Å². The second kappa shape index (κ2) is 8.39. The van der Waals surface area contributed by atoms with Crippen molar-refractivity contribution in [3.05, 3.63) is 72.8 Å². The second-order valence-corrected chi connectivity index (χ2v) is 6.00. The lowest BCUT2D eigenvalue weighted by atomic mass is 10.1. The predicted molar refractivity (Wildman–Crippen MR) is 103 cm³/mol. The van der Waals surface area contributed by atoms with Gasteiger partial charge in [-0.1, -0.05) is 67.9 Å². The number of rotatable bonds is 8. The summed E-state index contributed by atoms with van der Waals surface area (Å²) in [5.74, 6) is 0.969. The number of unbranched alkanes of at least 4 members (excludes halogenated alkanes) is 1. The highest BCUT2D eigenvalue weighted by molar-refractivity contribution is 5.88. The molecule has 0 heterocycles. The Morgan fingerprint density at radius 2 is 1.54 bits per heavy atom. The fraction of sp³-hybridized carbons (Fsp3) is 0.273. The van der Waals surface area contributed by atoms with Gasteiger partial charge in [-0.25, -0.2) is 0 Å². The molecule has 0 unspecified atom stereocenters. The number of para-hydroxylation sites is 1. The van der Waals surface area contributed by atoms with Crippen LogP contribution >= 0.6 is 0 Å². The Bertz CT molecular complexity index is 749. The smallest absolute Gasteiger partial charge is 0.127 e. The molecule has 3 aromatic rings. The van der Waals surface area contributed by atoms with Crippen molar-refractivity contribution in [2.45, 2.75) is 19.8 Å². The summed E-state index contributed by atoms with van der Waals surface area (Å²) in [6.07, 6.45) is 2.40. The first-order valence-corrected chi connectivity index (χ1v) is 8.79. The Kier molecular flexibility index (Phi) is 5.73. The van der Waals surface area contributed by atoms with Crippen LogP contribution in [0.5, 0.6) is 5.75 Å². The zero-order valence-electron chi connectivity index (χ0n) is 14.3. The van der Waals surface area contributed by atoms with Crippen molar-refractivity contribution in [2.24, 2.45) is 0 Å². The minimum absolute atomic E-state index is 0.687. The normalized spacial score (nSPS) is 10.7. The molecule has 3 rings (SSSR count). The molecule has 0 aliphatic heterocycles. The summed E-state index contributed by atoms with van der Waals surface area (Å²) in [4.78, 5) is 2.41. The van der Waals surface area contributed by atoms with Gasteiger partial charge in [0.25, 0.3) is 0 Å². The Morgan fingerprint density at radius 1 is 0.792 bits per heavy atom. The number of fused-ring (bicyclic) bond motifs is 1. The molecule has 0 aliphatic rings. The third-order valence-electron chi connectivity index (χ3n) is 4.27. The largest absolute Gasteiger partial charge is 0.491 e. The predicted octanol–water partition coefficient (Wildman–Crippen LogP) is 5.53. The van der Waals surface area contributed by atoms with Crippen LogP contribution in [0, 0.1) is 0 Å². The van der Waals surface area contributed by atoms with Gasteiger partial charge in [0.1, 0.15) is 12.4 Å². The summed E-state index contributed by atoms with van der Waals surface area (Å²) in [5, 5.41) is 2.40. The van der Waals surface area contributed by atoms with Crippen LogP contribution in [0.4, 0.5) is 5.69 Å². The standard InChI is InChI=1S/C22H25NO/c1-2-3-16-23(20-12-5-4-6-13-20)17-18-24-22-15-9-11-19-10-7-8-14-21(19)22/h4-15H,2-3,16-18H2,1H3. The van der Waals surface area contributed by atoms with E-state index in [9.17, 15) is 0 Å². The van der Waals surface area contributed by atoms with E-state index in [1.165, 1.54) is 29.3 Å². The van der Waals surface area contributed by atoms with Gasteiger partial charge >= 0.3 is 0 Å². The van der Waals surface area contributed by atoms with E-state index in [2.05, 4.69) is 84.6 Å². The van der Waals surface area contributed by atoms with Crippen molar-refractivity contribution < 1.29 is 4.74 Å². The molecule has 0 N–H and O–H groups in total. The molecule has 124 valence electrons. The Hall–Kier alpha value is -2.48. The van der Waals surface area contributed by atoms with Gasteiger partial charge in [0.2, 0.25) is 0 Å². The third kappa shape index (κ3) is 4.08. The fourth-order valence-electron chi connectivity index (χ4n) is 2.95. The molecular weight excluding hydrogens is 294 g/mol. The topological polar surface area (TPSA) is 12.5 Å². The minimum atomic E-state index is 0.687. The molecule has 0 radical (unpaired) electrons. The van der Waals surface area contributed by atoms with E-state index in [1.54, 1.807) is 0 Å². The van der Waals surface area contributed by atoms with E-state index >= 15 is 0 Å². The minimum Gasteiger partial charge on any atom is -0.491 e. The van der Waals surface area contributed by atoms with E-state index in [0.29, 0.717) is 6.61 Å². The van der Waals surface area contributed by atoms with Crippen LogP contribution in [0.15, 0.2) is 72.8 Å². The molecule has 0 fully saturated rings.